The molecule has 0 saturated carbocycles. The van der Waals surface area contributed by atoms with Crippen molar-refractivity contribution in [3.63, 3.8) is 0 Å². The summed E-state index contributed by atoms with van der Waals surface area (Å²) in [5, 5.41) is 3.64. The van der Waals surface area contributed by atoms with E-state index in [2.05, 4.69) is 65.1 Å². The van der Waals surface area contributed by atoms with E-state index < -0.39 is 0 Å². The number of halogens is 1. The number of hydrogen-bond acceptors (Lipinski definition) is 2. The second-order valence-electron chi connectivity index (χ2n) is 5.54. The SMILES string of the molecule is Cc1ccc(N2CCC(NC(C)C)CC2)c(Br)c1. The van der Waals surface area contributed by atoms with Gasteiger partial charge in [0.1, 0.15) is 0 Å². The molecule has 0 aliphatic carbocycles. The zero-order valence-corrected chi connectivity index (χ0v) is 13.1. The standard InChI is InChI=1S/C15H23BrN2/c1-11(2)17-13-6-8-18(9-7-13)15-5-4-12(3)10-14(15)16/h4-5,10-11,13,17H,6-9H2,1-3H3. The molecule has 2 nitrogen and oxygen atoms in total. The Hall–Kier alpha value is -0.540. The van der Waals surface area contributed by atoms with Crippen LogP contribution >= 0.6 is 15.9 Å². The summed E-state index contributed by atoms with van der Waals surface area (Å²) in [6, 6.07) is 7.90. The molecule has 0 atom stereocenters. The molecular formula is C15H23BrN2. The summed E-state index contributed by atoms with van der Waals surface area (Å²) < 4.78 is 1.22. The zero-order valence-electron chi connectivity index (χ0n) is 11.5. The minimum Gasteiger partial charge on any atom is -0.371 e. The van der Waals surface area contributed by atoms with Gasteiger partial charge in [0, 0.05) is 29.6 Å². The van der Waals surface area contributed by atoms with Gasteiger partial charge in [0.25, 0.3) is 0 Å². The Morgan fingerprint density at radius 1 is 1.28 bits per heavy atom. The van der Waals surface area contributed by atoms with Crippen molar-refractivity contribution in [3.05, 3.63) is 28.2 Å². The van der Waals surface area contributed by atoms with Crippen LogP contribution in [-0.4, -0.2) is 25.2 Å². The summed E-state index contributed by atoms with van der Waals surface area (Å²) >= 11 is 3.68. The van der Waals surface area contributed by atoms with Crippen LogP contribution in [0.5, 0.6) is 0 Å². The Bertz CT molecular complexity index is 395. The smallest absolute Gasteiger partial charge is 0.0510 e. The molecule has 0 unspecified atom stereocenters. The van der Waals surface area contributed by atoms with Crippen LogP contribution in [0.1, 0.15) is 32.3 Å². The molecule has 100 valence electrons. The summed E-state index contributed by atoms with van der Waals surface area (Å²) in [4.78, 5) is 2.49. The summed E-state index contributed by atoms with van der Waals surface area (Å²) in [6.07, 6.45) is 2.47. The van der Waals surface area contributed by atoms with Gasteiger partial charge in [-0.25, -0.2) is 0 Å². The molecule has 18 heavy (non-hydrogen) atoms. The Morgan fingerprint density at radius 3 is 2.50 bits per heavy atom. The summed E-state index contributed by atoms with van der Waals surface area (Å²) in [7, 11) is 0. The van der Waals surface area contributed by atoms with Gasteiger partial charge in [-0.2, -0.15) is 0 Å². The fraction of sp³-hybridized carbons (Fsp3) is 0.600. The highest BCUT2D eigenvalue weighted by Crippen LogP contribution is 2.29. The van der Waals surface area contributed by atoms with Crippen molar-refractivity contribution in [2.75, 3.05) is 18.0 Å². The lowest BCUT2D eigenvalue weighted by molar-refractivity contribution is 0.387. The topological polar surface area (TPSA) is 15.3 Å². The maximum atomic E-state index is 3.68. The third-order valence-corrected chi connectivity index (χ3v) is 4.14. The van der Waals surface area contributed by atoms with Gasteiger partial charge in [0.15, 0.2) is 0 Å². The largest absolute Gasteiger partial charge is 0.371 e. The second kappa shape index (κ2) is 6.07. The van der Waals surface area contributed by atoms with Gasteiger partial charge in [-0.1, -0.05) is 19.9 Å². The van der Waals surface area contributed by atoms with Crippen molar-refractivity contribution >= 4 is 21.6 Å². The van der Waals surface area contributed by atoms with E-state index in [9.17, 15) is 0 Å². The number of piperidine rings is 1. The number of hydrogen-bond donors (Lipinski definition) is 1. The van der Waals surface area contributed by atoms with Crippen LogP contribution in [0, 0.1) is 6.92 Å². The maximum Gasteiger partial charge on any atom is 0.0510 e. The third kappa shape index (κ3) is 3.48. The molecular weight excluding hydrogens is 288 g/mol. The highest BCUT2D eigenvalue weighted by atomic mass is 79.9. The highest BCUT2D eigenvalue weighted by Gasteiger charge is 2.20. The monoisotopic (exact) mass is 310 g/mol. The number of aryl methyl sites for hydroxylation is 1. The quantitative estimate of drug-likeness (QED) is 0.915. The first-order valence-corrected chi connectivity index (χ1v) is 7.62. The summed E-state index contributed by atoms with van der Waals surface area (Å²) in [5.74, 6) is 0. The van der Waals surface area contributed by atoms with Crippen LogP contribution in [0.2, 0.25) is 0 Å². The van der Waals surface area contributed by atoms with E-state index in [1.54, 1.807) is 0 Å². The lowest BCUT2D eigenvalue weighted by Crippen LogP contribution is -2.44. The first-order valence-electron chi connectivity index (χ1n) is 6.83. The molecule has 0 radical (unpaired) electrons. The molecule has 2 rings (SSSR count). The number of rotatable bonds is 3. The lowest BCUT2D eigenvalue weighted by atomic mass is 10.0. The van der Waals surface area contributed by atoms with E-state index in [-0.39, 0.29) is 0 Å². The number of nitrogens with zero attached hydrogens (tertiary/aromatic N) is 1. The first kappa shape index (κ1) is 13.9. The van der Waals surface area contributed by atoms with Crippen LogP contribution in [0.4, 0.5) is 5.69 Å². The Morgan fingerprint density at radius 2 is 1.94 bits per heavy atom. The molecule has 1 aliphatic rings. The van der Waals surface area contributed by atoms with E-state index >= 15 is 0 Å². The molecule has 3 heteroatoms. The molecule has 0 spiro atoms. The average Bonchev–Trinajstić information content (AvgIpc) is 2.30. The minimum atomic E-state index is 0.590. The normalized spacial score (nSPS) is 17.5. The minimum absolute atomic E-state index is 0.590. The Balaban J connectivity index is 1.97. The van der Waals surface area contributed by atoms with Gasteiger partial charge in [-0.3, -0.25) is 0 Å². The maximum absolute atomic E-state index is 3.68. The molecule has 1 fully saturated rings. The van der Waals surface area contributed by atoms with E-state index in [0.29, 0.717) is 12.1 Å². The Labute approximate surface area is 119 Å². The van der Waals surface area contributed by atoms with Gasteiger partial charge in [0.2, 0.25) is 0 Å². The van der Waals surface area contributed by atoms with Gasteiger partial charge in [-0.05, 0) is 53.4 Å². The number of benzene rings is 1. The second-order valence-corrected chi connectivity index (χ2v) is 6.39. The molecule has 1 N–H and O–H groups in total. The Kier molecular flexibility index (Phi) is 4.68. The summed E-state index contributed by atoms with van der Waals surface area (Å²) in [6.45, 7) is 8.87. The van der Waals surface area contributed by atoms with Crippen LogP contribution in [0.3, 0.4) is 0 Å². The van der Waals surface area contributed by atoms with E-state index in [4.69, 9.17) is 0 Å². The lowest BCUT2D eigenvalue weighted by Gasteiger charge is -2.35. The van der Waals surface area contributed by atoms with Crippen LogP contribution in [-0.2, 0) is 0 Å². The van der Waals surface area contributed by atoms with E-state index in [1.807, 2.05) is 0 Å². The first-order chi connectivity index (χ1) is 8.56. The highest BCUT2D eigenvalue weighted by molar-refractivity contribution is 9.10. The van der Waals surface area contributed by atoms with E-state index in [1.165, 1.54) is 28.6 Å². The van der Waals surface area contributed by atoms with Gasteiger partial charge in [0.05, 0.1) is 5.69 Å². The third-order valence-electron chi connectivity index (χ3n) is 3.51. The fourth-order valence-electron chi connectivity index (χ4n) is 2.63. The van der Waals surface area contributed by atoms with E-state index in [0.717, 1.165) is 13.1 Å². The molecule has 1 aromatic rings. The predicted molar refractivity (Wildman–Crippen MR) is 82.4 cm³/mol. The van der Waals surface area contributed by atoms with Crippen LogP contribution in [0.15, 0.2) is 22.7 Å². The van der Waals surface area contributed by atoms with Gasteiger partial charge >= 0.3 is 0 Å². The van der Waals surface area contributed by atoms with Crippen molar-refractivity contribution in [1.82, 2.24) is 5.32 Å². The van der Waals surface area contributed by atoms with Crippen molar-refractivity contribution in [1.29, 1.82) is 0 Å². The fourth-order valence-corrected chi connectivity index (χ4v) is 3.37. The van der Waals surface area contributed by atoms with Crippen LogP contribution in [0.25, 0.3) is 0 Å². The predicted octanol–water partition coefficient (Wildman–Crippen LogP) is 3.72. The van der Waals surface area contributed by atoms with Crippen molar-refractivity contribution in [3.8, 4) is 0 Å². The molecule has 0 bridgehead atoms. The molecule has 1 aromatic carbocycles. The average molecular weight is 311 g/mol. The molecule has 0 amide bonds. The number of anilines is 1. The molecule has 0 aromatic heterocycles. The molecule has 1 heterocycles. The van der Waals surface area contributed by atoms with Gasteiger partial charge in [-0.15, -0.1) is 0 Å². The van der Waals surface area contributed by atoms with Crippen molar-refractivity contribution in [2.45, 2.75) is 45.7 Å². The van der Waals surface area contributed by atoms with Crippen molar-refractivity contribution < 1.29 is 0 Å². The van der Waals surface area contributed by atoms with Crippen LogP contribution < -0.4 is 10.2 Å². The van der Waals surface area contributed by atoms with Crippen molar-refractivity contribution in [2.24, 2.45) is 0 Å². The number of nitrogens with one attached hydrogen (secondary N) is 1. The summed E-state index contributed by atoms with van der Waals surface area (Å²) in [5.41, 5.74) is 2.64. The molecule has 1 aliphatic heterocycles. The zero-order chi connectivity index (χ0) is 13.1. The van der Waals surface area contributed by atoms with Gasteiger partial charge < -0.3 is 10.2 Å². The molecule has 1 saturated heterocycles.